The molecule has 0 saturated carbocycles. The van der Waals surface area contributed by atoms with E-state index in [1.807, 2.05) is 0 Å². The van der Waals surface area contributed by atoms with E-state index in [2.05, 4.69) is 4.72 Å². The van der Waals surface area contributed by atoms with Gasteiger partial charge in [0.1, 0.15) is 0 Å². The second-order valence-corrected chi connectivity index (χ2v) is 7.09. The lowest BCUT2D eigenvalue weighted by Gasteiger charge is -2.25. The summed E-state index contributed by atoms with van der Waals surface area (Å²) in [4.78, 5) is 1.04. The predicted octanol–water partition coefficient (Wildman–Crippen LogP) is 1.06. The highest BCUT2D eigenvalue weighted by molar-refractivity contribution is 8.00. The lowest BCUT2D eigenvalue weighted by molar-refractivity contribution is 0.0455. The molecule has 5 nitrogen and oxygen atoms in total. The predicted molar refractivity (Wildman–Crippen MR) is 72.2 cm³/mol. The molecule has 1 saturated heterocycles. The van der Waals surface area contributed by atoms with Crippen molar-refractivity contribution >= 4 is 27.5 Å². The quantitative estimate of drug-likeness (QED) is 0.792. The molecule has 1 heterocycles. The first-order valence-corrected chi connectivity index (χ1v) is 8.03. The molecule has 0 bridgehead atoms. The van der Waals surface area contributed by atoms with Crippen molar-refractivity contribution < 1.29 is 13.2 Å². The van der Waals surface area contributed by atoms with Crippen molar-refractivity contribution in [3.8, 4) is 0 Å². The zero-order valence-electron chi connectivity index (χ0n) is 10.0. The minimum absolute atomic E-state index is 0.251. The number of sulfonamides is 1. The van der Waals surface area contributed by atoms with Gasteiger partial charge in [0.2, 0.25) is 10.0 Å². The smallest absolute Gasteiger partial charge is 0.240 e. The van der Waals surface area contributed by atoms with Crippen LogP contribution in [0.4, 0.5) is 5.69 Å². The molecule has 1 aromatic carbocycles. The maximum atomic E-state index is 11.9. The third kappa shape index (κ3) is 2.97. The first kappa shape index (κ1) is 13.7. The SMILES string of the molecule is CCNS(=O)(=O)c1ccc(N)c(SC2COC2)c1. The molecule has 7 heteroatoms. The molecular weight excluding hydrogens is 272 g/mol. The van der Waals surface area contributed by atoms with Crippen LogP contribution in [0.5, 0.6) is 0 Å². The van der Waals surface area contributed by atoms with Crippen molar-refractivity contribution in [1.29, 1.82) is 0 Å². The van der Waals surface area contributed by atoms with Gasteiger partial charge in [-0.25, -0.2) is 13.1 Å². The average Bonchev–Trinajstić information content (AvgIpc) is 2.25. The standard InChI is InChI=1S/C11H16N2O3S2/c1-2-13-18(14,15)9-3-4-10(12)11(5-9)17-8-6-16-7-8/h3-5,8,13H,2,6-7,12H2,1H3. The molecule has 3 N–H and O–H groups in total. The van der Waals surface area contributed by atoms with Crippen molar-refractivity contribution in [2.75, 3.05) is 25.5 Å². The summed E-state index contributed by atoms with van der Waals surface area (Å²) in [7, 11) is -3.42. The van der Waals surface area contributed by atoms with E-state index < -0.39 is 10.0 Å². The maximum Gasteiger partial charge on any atom is 0.240 e. The highest BCUT2D eigenvalue weighted by atomic mass is 32.2. The van der Waals surface area contributed by atoms with Gasteiger partial charge in [0.25, 0.3) is 0 Å². The van der Waals surface area contributed by atoms with Crippen molar-refractivity contribution in [2.24, 2.45) is 0 Å². The van der Waals surface area contributed by atoms with E-state index >= 15 is 0 Å². The van der Waals surface area contributed by atoms with Gasteiger partial charge in [-0.05, 0) is 18.2 Å². The van der Waals surface area contributed by atoms with Crippen LogP contribution >= 0.6 is 11.8 Å². The molecule has 18 heavy (non-hydrogen) atoms. The molecule has 0 spiro atoms. The van der Waals surface area contributed by atoms with Crippen LogP contribution in [0.25, 0.3) is 0 Å². The van der Waals surface area contributed by atoms with E-state index in [-0.39, 0.29) is 4.90 Å². The third-order valence-corrected chi connectivity index (χ3v) is 5.29. The average molecular weight is 288 g/mol. The fourth-order valence-electron chi connectivity index (χ4n) is 1.52. The molecule has 0 radical (unpaired) electrons. The van der Waals surface area contributed by atoms with E-state index in [9.17, 15) is 8.42 Å². The van der Waals surface area contributed by atoms with Crippen molar-refractivity contribution in [2.45, 2.75) is 22.0 Å². The Morgan fingerprint density at radius 2 is 2.22 bits per heavy atom. The minimum Gasteiger partial charge on any atom is -0.398 e. The Hall–Kier alpha value is -0.760. The number of nitrogens with one attached hydrogen (secondary N) is 1. The van der Waals surface area contributed by atoms with Gasteiger partial charge >= 0.3 is 0 Å². The van der Waals surface area contributed by atoms with E-state index in [4.69, 9.17) is 10.5 Å². The number of nitrogens with two attached hydrogens (primary N) is 1. The Kier molecular flexibility index (Phi) is 4.16. The van der Waals surface area contributed by atoms with Crippen molar-refractivity contribution in [1.82, 2.24) is 4.72 Å². The van der Waals surface area contributed by atoms with Crippen LogP contribution in [-0.4, -0.2) is 33.4 Å². The molecule has 0 aromatic heterocycles. The first-order valence-electron chi connectivity index (χ1n) is 5.66. The molecule has 2 rings (SSSR count). The fraction of sp³-hybridized carbons (Fsp3) is 0.455. The van der Waals surface area contributed by atoms with Crippen molar-refractivity contribution in [3.63, 3.8) is 0 Å². The molecule has 0 unspecified atom stereocenters. The molecule has 1 aliphatic rings. The first-order chi connectivity index (χ1) is 8.53. The normalized spacial score (nSPS) is 16.5. The van der Waals surface area contributed by atoms with E-state index in [0.717, 1.165) is 4.90 Å². The monoisotopic (exact) mass is 288 g/mol. The number of thioether (sulfide) groups is 1. The summed E-state index contributed by atoms with van der Waals surface area (Å²) in [6, 6.07) is 4.77. The number of hydrogen-bond acceptors (Lipinski definition) is 5. The Bertz CT molecular complexity index is 527. The zero-order valence-corrected chi connectivity index (χ0v) is 11.7. The molecular formula is C11H16N2O3S2. The molecule has 0 aliphatic carbocycles. The summed E-state index contributed by atoms with van der Waals surface area (Å²) in [5, 5.41) is 0.365. The van der Waals surface area contributed by atoms with Crippen LogP contribution in [0, 0.1) is 0 Å². The molecule has 1 fully saturated rings. The molecule has 1 aliphatic heterocycles. The number of nitrogen functional groups attached to an aromatic ring is 1. The lowest BCUT2D eigenvalue weighted by atomic mass is 10.3. The molecule has 0 amide bonds. The number of benzene rings is 1. The maximum absolute atomic E-state index is 11.9. The largest absolute Gasteiger partial charge is 0.398 e. The van der Waals surface area contributed by atoms with Crippen LogP contribution in [0.15, 0.2) is 28.0 Å². The number of rotatable bonds is 5. The van der Waals surface area contributed by atoms with Crippen LogP contribution < -0.4 is 10.5 Å². The number of ether oxygens (including phenoxy) is 1. The molecule has 1 aromatic rings. The minimum atomic E-state index is -3.42. The molecule has 100 valence electrons. The van der Waals surface area contributed by atoms with E-state index in [1.54, 1.807) is 30.8 Å². The molecule has 0 atom stereocenters. The van der Waals surface area contributed by atoms with Gasteiger partial charge in [0.15, 0.2) is 0 Å². The van der Waals surface area contributed by atoms with Crippen molar-refractivity contribution in [3.05, 3.63) is 18.2 Å². The fourth-order valence-corrected chi connectivity index (χ4v) is 3.75. The van der Waals surface area contributed by atoms with Crippen LogP contribution in [0.2, 0.25) is 0 Å². The Balaban J connectivity index is 2.25. The summed E-state index contributed by atoms with van der Waals surface area (Å²) < 4.78 is 31.3. The van der Waals surface area contributed by atoms with E-state index in [1.165, 1.54) is 6.07 Å². The summed E-state index contributed by atoms with van der Waals surface area (Å²) in [5.74, 6) is 0. The number of hydrogen-bond donors (Lipinski definition) is 2. The lowest BCUT2D eigenvalue weighted by Crippen LogP contribution is -2.30. The van der Waals surface area contributed by atoms with Gasteiger partial charge in [0, 0.05) is 17.1 Å². The summed E-state index contributed by atoms with van der Waals surface area (Å²) >= 11 is 1.56. The Morgan fingerprint density at radius 3 is 2.78 bits per heavy atom. The topological polar surface area (TPSA) is 81.4 Å². The van der Waals surface area contributed by atoms with Gasteiger partial charge < -0.3 is 10.5 Å². The highest BCUT2D eigenvalue weighted by Crippen LogP contribution is 2.33. The zero-order chi connectivity index (χ0) is 13.2. The second kappa shape index (κ2) is 5.48. The van der Waals surface area contributed by atoms with Gasteiger partial charge in [-0.1, -0.05) is 6.92 Å². The van der Waals surface area contributed by atoms with Crippen LogP contribution in [0.3, 0.4) is 0 Å². The van der Waals surface area contributed by atoms with E-state index in [0.29, 0.717) is 30.7 Å². The number of anilines is 1. The van der Waals surface area contributed by atoms with Crippen LogP contribution in [-0.2, 0) is 14.8 Å². The van der Waals surface area contributed by atoms with Gasteiger partial charge in [-0.15, -0.1) is 11.8 Å². The second-order valence-electron chi connectivity index (χ2n) is 3.98. The summed E-state index contributed by atoms with van der Waals surface area (Å²) in [6.07, 6.45) is 0. The Morgan fingerprint density at radius 1 is 1.50 bits per heavy atom. The summed E-state index contributed by atoms with van der Waals surface area (Å²) in [6.45, 7) is 3.49. The third-order valence-electron chi connectivity index (χ3n) is 2.53. The van der Waals surface area contributed by atoms with Crippen LogP contribution in [0.1, 0.15) is 6.92 Å². The Labute approximate surface area is 111 Å². The van der Waals surface area contributed by atoms with Gasteiger partial charge in [-0.3, -0.25) is 0 Å². The summed E-state index contributed by atoms with van der Waals surface area (Å²) in [5.41, 5.74) is 6.46. The van der Waals surface area contributed by atoms with Gasteiger partial charge in [-0.2, -0.15) is 0 Å². The van der Waals surface area contributed by atoms with Gasteiger partial charge in [0.05, 0.1) is 23.4 Å². The highest BCUT2D eigenvalue weighted by Gasteiger charge is 2.22.